The third kappa shape index (κ3) is 3.38. The van der Waals surface area contributed by atoms with Crippen LogP contribution in [0.4, 0.5) is 0 Å². The van der Waals surface area contributed by atoms with Crippen molar-refractivity contribution in [2.75, 3.05) is 0 Å². The van der Waals surface area contributed by atoms with E-state index in [9.17, 15) is 4.79 Å². The maximum absolute atomic E-state index is 11.2. The second-order valence-corrected chi connectivity index (χ2v) is 5.07. The number of halogens is 3. The number of aldehydes is 1. The zero-order valence-corrected chi connectivity index (χ0v) is 12.0. The molecule has 0 aromatic heterocycles. The quantitative estimate of drug-likeness (QED) is 0.321. The summed E-state index contributed by atoms with van der Waals surface area (Å²) in [5.74, 6) is 0. The van der Waals surface area contributed by atoms with E-state index in [1.165, 1.54) is 0 Å². The van der Waals surface area contributed by atoms with Crippen molar-refractivity contribution in [2.45, 2.75) is 0 Å². The Morgan fingerprint density at radius 2 is 1.53 bits per heavy atom. The van der Waals surface area contributed by atoms with Crippen LogP contribution in [0.5, 0.6) is 0 Å². The number of hydrogen-bond donors (Lipinski definition) is 0. The Bertz CT molecular complexity index is 610. The van der Waals surface area contributed by atoms with E-state index in [1.807, 2.05) is 30.3 Å². The van der Waals surface area contributed by atoms with Crippen LogP contribution in [0.15, 0.2) is 42.5 Å². The Morgan fingerprint density at radius 1 is 0.947 bits per heavy atom. The van der Waals surface area contributed by atoms with Gasteiger partial charge in [-0.2, -0.15) is 0 Å². The highest BCUT2D eigenvalue weighted by molar-refractivity contribution is 6.48. The predicted octanol–water partition coefficient (Wildman–Crippen LogP) is 5.39. The summed E-state index contributed by atoms with van der Waals surface area (Å²) in [5.41, 5.74) is 2.11. The van der Waals surface area contributed by atoms with Gasteiger partial charge in [-0.3, -0.25) is 4.79 Å². The van der Waals surface area contributed by atoms with Crippen molar-refractivity contribution in [3.63, 3.8) is 0 Å². The molecule has 4 heteroatoms. The molecule has 0 saturated carbocycles. The standard InChI is InChI=1S/C15H9Cl3O/c16-13-7-10(8-14(17)15(13)18)6-12(9-19)11-4-2-1-3-5-11/h1-9H/b12-6+. The first-order chi connectivity index (χ1) is 9.11. The molecule has 0 aliphatic carbocycles. The SMILES string of the molecule is O=C/C(=C\c1cc(Cl)c(Cl)c(Cl)c1)c1ccccc1. The molecule has 0 radical (unpaired) electrons. The van der Waals surface area contributed by atoms with Crippen molar-refractivity contribution in [3.8, 4) is 0 Å². The first-order valence-electron chi connectivity index (χ1n) is 5.48. The average Bonchev–Trinajstić information content (AvgIpc) is 2.43. The molecule has 0 spiro atoms. The van der Waals surface area contributed by atoms with Gasteiger partial charge in [0.15, 0.2) is 6.29 Å². The predicted molar refractivity (Wildman–Crippen MR) is 81.8 cm³/mol. The molecule has 2 aromatic rings. The van der Waals surface area contributed by atoms with Gasteiger partial charge in [0.25, 0.3) is 0 Å². The Morgan fingerprint density at radius 3 is 2.05 bits per heavy atom. The molecular weight excluding hydrogens is 303 g/mol. The highest BCUT2D eigenvalue weighted by Crippen LogP contribution is 2.32. The number of carbonyl (C=O) groups is 1. The van der Waals surface area contributed by atoms with Crippen molar-refractivity contribution in [1.29, 1.82) is 0 Å². The van der Waals surface area contributed by atoms with Gasteiger partial charge in [0.2, 0.25) is 0 Å². The fourth-order valence-electron chi connectivity index (χ4n) is 1.65. The van der Waals surface area contributed by atoms with Crippen LogP contribution < -0.4 is 0 Å². The zero-order chi connectivity index (χ0) is 13.8. The van der Waals surface area contributed by atoms with Crippen LogP contribution in [0.25, 0.3) is 11.6 Å². The highest BCUT2D eigenvalue weighted by Gasteiger charge is 2.06. The van der Waals surface area contributed by atoms with E-state index < -0.39 is 0 Å². The molecule has 19 heavy (non-hydrogen) atoms. The maximum atomic E-state index is 11.2. The second-order valence-electron chi connectivity index (χ2n) is 3.88. The Balaban J connectivity index is 2.47. The third-order valence-electron chi connectivity index (χ3n) is 2.56. The third-order valence-corrected chi connectivity index (χ3v) is 3.76. The topological polar surface area (TPSA) is 17.1 Å². The molecule has 0 bridgehead atoms. The molecule has 0 amide bonds. The van der Waals surface area contributed by atoms with Gasteiger partial charge in [-0.1, -0.05) is 65.1 Å². The van der Waals surface area contributed by atoms with E-state index in [4.69, 9.17) is 34.8 Å². The maximum Gasteiger partial charge on any atom is 0.150 e. The Hall–Kier alpha value is -1.28. The summed E-state index contributed by atoms with van der Waals surface area (Å²) in [6.07, 6.45) is 2.52. The minimum Gasteiger partial charge on any atom is -0.298 e. The van der Waals surface area contributed by atoms with Crippen molar-refractivity contribution < 1.29 is 4.79 Å². The molecule has 0 saturated heterocycles. The normalized spacial score (nSPS) is 11.4. The smallest absolute Gasteiger partial charge is 0.150 e. The second kappa shape index (κ2) is 6.25. The van der Waals surface area contributed by atoms with E-state index >= 15 is 0 Å². The van der Waals surface area contributed by atoms with Crippen molar-refractivity contribution in [2.24, 2.45) is 0 Å². The number of benzene rings is 2. The average molecular weight is 312 g/mol. The first kappa shape index (κ1) is 14.1. The lowest BCUT2D eigenvalue weighted by Gasteiger charge is -2.04. The van der Waals surface area contributed by atoms with Gasteiger partial charge in [0, 0.05) is 5.57 Å². The molecule has 0 aliphatic heterocycles. The van der Waals surface area contributed by atoms with E-state index in [-0.39, 0.29) is 0 Å². The summed E-state index contributed by atoms with van der Waals surface area (Å²) >= 11 is 17.8. The fourth-order valence-corrected chi connectivity index (χ4v) is 2.27. The van der Waals surface area contributed by atoms with Gasteiger partial charge in [0.1, 0.15) is 0 Å². The fraction of sp³-hybridized carbons (Fsp3) is 0. The van der Waals surface area contributed by atoms with E-state index in [0.29, 0.717) is 20.6 Å². The van der Waals surface area contributed by atoms with Crippen LogP contribution in [0.2, 0.25) is 15.1 Å². The lowest BCUT2D eigenvalue weighted by molar-refractivity contribution is -0.103. The van der Waals surface area contributed by atoms with Gasteiger partial charge < -0.3 is 0 Å². The van der Waals surface area contributed by atoms with Crippen molar-refractivity contribution >= 4 is 52.7 Å². The molecule has 0 aliphatic rings. The monoisotopic (exact) mass is 310 g/mol. The molecule has 96 valence electrons. The molecule has 2 rings (SSSR count). The van der Waals surface area contributed by atoms with Gasteiger partial charge >= 0.3 is 0 Å². The van der Waals surface area contributed by atoms with Crippen LogP contribution in [0.1, 0.15) is 11.1 Å². The van der Waals surface area contributed by atoms with Gasteiger partial charge in [-0.15, -0.1) is 0 Å². The number of allylic oxidation sites excluding steroid dienone is 1. The van der Waals surface area contributed by atoms with E-state index in [2.05, 4.69) is 0 Å². The van der Waals surface area contributed by atoms with Crippen LogP contribution in [0.3, 0.4) is 0 Å². The van der Waals surface area contributed by atoms with Crippen LogP contribution in [-0.2, 0) is 4.79 Å². The summed E-state index contributed by atoms with van der Waals surface area (Å²) in [4.78, 5) is 11.2. The molecule has 0 heterocycles. The summed E-state index contributed by atoms with van der Waals surface area (Å²) in [6.45, 7) is 0. The summed E-state index contributed by atoms with van der Waals surface area (Å²) < 4.78 is 0. The summed E-state index contributed by atoms with van der Waals surface area (Å²) in [7, 11) is 0. The van der Waals surface area contributed by atoms with E-state index in [0.717, 1.165) is 17.4 Å². The largest absolute Gasteiger partial charge is 0.298 e. The molecular formula is C15H9Cl3O. The molecule has 0 fully saturated rings. The molecule has 0 atom stereocenters. The number of hydrogen-bond acceptors (Lipinski definition) is 1. The minimum atomic E-state index is 0.313. The molecule has 0 unspecified atom stereocenters. The summed E-state index contributed by atoms with van der Waals surface area (Å²) in [5, 5.41) is 1.03. The lowest BCUT2D eigenvalue weighted by Crippen LogP contribution is -1.86. The van der Waals surface area contributed by atoms with E-state index in [1.54, 1.807) is 18.2 Å². The van der Waals surface area contributed by atoms with Crippen LogP contribution >= 0.6 is 34.8 Å². The Kier molecular flexibility index (Phi) is 4.65. The van der Waals surface area contributed by atoms with Crippen LogP contribution in [0, 0.1) is 0 Å². The minimum absolute atomic E-state index is 0.313. The Labute approximate surface area is 126 Å². The first-order valence-corrected chi connectivity index (χ1v) is 6.62. The van der Waals surface area contributed by atoms with Crippen molar-refractivity contribution in [3.05, 3.63) is 68.7 Å². The highest BCUT2D eigenvalue weighted by atomic mass is 35.5. The summed E-state index contributed by atoms with van der Waals surface area (Å²) in [6, 6.07) is 12.7. The zero-order valence-electron chi connectivity index (χ0n) is 9.74. The van der Waals surface area contributed by atoms with Gasteiger partial charge in [-0.05, 0) is 29.3 Å². The van der Waals surface area contributed by atoms with Gasteiger partial charge in [0.05, 0.1) is 15.1 Å². The van der Waals surface area contributed by atoms with Gasteiger partial charge in [-0.25, -0.2) is 0 Å². The van der Waals surface area contributed by atoms with Crippen LogP contribution in [-0.4, -0.2) is 6.29 Å². The lowest BCUT2D eigenvalue weighted by atomic mass is 10.0. The molecule has 1 nitrogen and oxygen atoms in total. The van der Waals surface area contributed by atoms with Crippen molar-refractivity contribution in [1.82, 2.24) is 0 Å². The molecule has 0 N–H and O–H groups in total. The number of carbonyl (C=O) groups excluding carboxylic acids is 1. The number of rotatable bonds is 3. The molecule has 2 aromatic carbocycles.